The average molecular weight is 369 g/mol. The molecular formula is C22H19N5O. The van der Waals surface area contributed by atoms with E-state index in [1.165, 1.54) is 12.8 Å². The molecule has 5 rings (SSSR count). The van der Waals surface area contributed by atoms with E-state index >= 15 is 0 Å². The van der Waals surface area contributed by atoms with Gasteiger partial charge >= 0.3 is 0 Å². The Kier molecular flexibility index (Phi) is 3.94. The summed E-state index contributed by atoms with van der Waals surface area (Å²) in [6, 6.07) is 14.1. The lowest BCUT2D eigenvalue weighted by Gasteiger charge is -2.11. The van der Waals surface area contributed by atoms with Crippen molar-refractivity contribution in [1.29, 1.82) is 5.26 Å². The maximum atomic E-state index is 11.6. The topological polar surface area (TPSA) is 90.7 Å². The highest BCUT2D eigenvalue weighted by Gasteiger charge is 2.21. The van der Waals surface area contributed by atoms with Gasteiger partial charge in [-0.1, -0.05) is 31.0 Å². The van der Waals surface area contributed by atoms with Crippen LogP contribution in [-0.2, 0) is 11.2 Å². The van der Waals surface area contributed by atoms with E-state index in [0.29, 0.717) is 12.1 Å². The minimum atomic E-state index is 0.0301. The van der Waals surface area contributed by atoms with Crippen molar-refractivity contribution in [2.45, 2.75) is 25.7 Å². The number of nitrogens with one attached hydrogen (secondary N) is 2. The Bertz CT molecular complexity index is 1140. The molecule has 1 fully saturated rings. The van der Waals surface area contributed by atoms with Crippen LogP contribution in [0.4, 0.5) is 11.4 Å². The fourth-order valence-electron chi connectivity index (χ4n) is 3.75. The predicted molar refractivity (Wildman–Crippen MR) is 108 cm³/mol. The Morgan fingerprint density at radius 1 is 1.14 bits per heavy atom. The summed E-state index contributed by atoms with van der Waals surface area (Å²) in [5.74, 6) is 0.855. The molecule has 3 aromatic rings. The van der Waals surface area contributed by atoms with Crippen LogP contribution in [0.25, 0.3) is 22.0 Å². The van der Waals surface area contributed by atoms with Crippen LogP contribution in [0.5, 0.6) is 0 Å². The van der Waals surface area contributed by atoms with E-state index in [1.807, 2.05) is 36.4 Å². The summed E-state index contributed by atoms with van der Waals surface area (Å²) in [7, 11) is 0. The second-order valence-corrected chi connectivity index (χ2v) is 7.52. The minimum absolute atomic E-state index is 0.0301. The first-order chi connectivity index (χ1) is 13.7. The molecule has 6 heteroatoms. The number of fused-ring (bicyclic) bond motifs is 2. The predicted octanol–water partition coefficient (Wildman–Crippen LogP) is 3.88. The standard InChI is InChI=1S/C22H19N5O/c23-12-20-22(24-8-7-13-1-2-13)17-6-5-15(10-19(17)26-27-20)14-3-4-16-11-21(28)25-18(16)9-14/h3-6,9-10,13H,1-2,7-8,11H2,(H,24,26)(H,25,28). The number of nitriles is 1. The first kappa shape index (κ1) is 16.7. The third-order valence-electron chi connectivity index (χ3n) is 5.49. The van der Waals surface area contributed by atoms with Crippen LogP contribution in [0.3, 0.4) is 0 Å². The maximum absolute atomic E-state index is 11.6. The number of aromatic nitrogens is 2. The summed E-state index contributed by atoms with van der Waals surface area (Å²) >= 11 is 0. The number of benzene rings is 2. The molecular weight excluding hydrogens is 350 g/mol. The van der Waals surface area contributed by atoms with E-state index in [1.54, 1.807) is 0 Å². The molecule has 2 aromatic carbocycles. The van der Waals surface area contributed by atoms with Gasteiger partial charge < -0.3 is 10.6 Å². The van der Waals surface area contributed by atoms with Gasteiger partial charge in [0.2, 0.25) is 5.91 Å². The van der Waals surface area contributed by atoms with Gasteiger partial charge in [-0.25, -0.2) is 0 Å². The lowest BCUT2D eigenvalue weighted by molar-refractivity contribution is -0.115. The van der Waals surface area contributed by atoms with Gasteiger partial charge in [0.25, 0.3) is 0 Å². The number of nitrogens with zero attached hydrogens (tertiary/aromatic N) is 3. The molecule has 2 aliphatic rings. The van der Waals surface area contributed by atoms with E-state index in [-0.39, 0.29) is 5.91 Å². The molecule has 1 amide bonds. The third-order valence-corrected chi connectivity index (χ3v) is 5.49. The summed E-state index contributed by atoms with van der Waals surface area (Å²) in [6.45, 7) is 0.840. The highest BCUT2D eigenvalue weighted by molar-refractivity contribution is 6.00. The van der Waals surface area contributed by atoms with Gasteiger partial charge in [0.1, 0.15) is 6.07 Å². The molecule has 1 aliphatic heterocycles. The lowest BCUT2D eigenvalue weighted by atomic mass is 10.0. The maximum Gasteiger partial charge on any atom is 0.228 e. The zero-order chi connectivity index (χ0) is 19.1. The van der Waals surface area contributed by atoms with Gasteiger partial charge in [0.05, 0.1) is 17.6 Å². The smallest absolute Gasteiger partial charge is 0.228 e. The van der Waals surface area contributed by atoms with Crippen molar-refractivity contribution in [1.82, 2.24) is 10.2 Å². The molecule has 1 saturated carbocycles. The molecule has 0 saturated heterocycles. The van der Waals surface area contributed by atoms with Crippen LogP contribution >= 0.6 is 0 Å². The number of carbonyl (C=O) groups excluding carboxylic acids is 1. The van der Waals surface area contributed by atoms with Gasteiger partial charge in [0, 0.05) is 17.6 Å². The fraction of sp³-hybridized carbons (Fsp3) is 0.273. The van der Waals surface area contributed by atoms with Crippen molar-refractivity contribution >= 4 is 28.2 Å². The Morgan fingerprint density at radius 2 is 1.96 bits per heavy atom. The fourth-order valence-corrected chi connectivity index (χ4v) is 3.75. The Labute approximate surface area is 162 Å². The quantitative estimate of drug-likeness (QED) is 0.712. The Hall–Kier alpha value is -3.46. The summed E-state index contributed by atoms with van der Waals surface area (Å²) < 4.78 is 0. The largest absolute Gasteiger partial charge is 0.382 e. The SMILES string of the molecule is N#Cc1nnc2cc(-c3ccc4c(c3)NC(=O)C4)ccc2c1NCCC1CC1. The van der Waals surface area contributed by atoms with Crippen LogP contribution in [-0.4, -0.2) is 22.6 Å². The zero-order valence-corrected chi connectivity index (χ0v) is 15.3. The lowest BCUT2D eigenvalue weighted by Crippen LogP contribution is -2.07. The van der Waals surface area contributed by atoms with Crippen molar-refractivity contribution in [3.8, 4) is 17.2 Å². The summed E-state index contributed by atoms with van der Waals surface area (Å²) in [5, 5.41) is 25.0. The highest BCUT2D eigenvalue weighted by atomic mass is 16.1. The molecule has 6 nitrogen and oxygen atoms in total. The second-order valence-electron chi connectivity index (χ2n) is 7.52. The van der Waals surface area contributed by atoms with Crippen molar-refractivity contribution in [2.24, 2.45) is 5.92 Å². The molecule has 0 spiro atoms. The number of anilines is 2. The molecule has 0 atom stereocenters. The second kappa shape index (κ2) is 6.61. The number of rotatable bonds is 5. The van der Waals surface area contributed by atoms with Crippen LogP contribution in [0.15, 0.2) is 36.4 Å². The summed E-state index contributed by atoms with van der Waals surface area (Å²) in [5.41, 5.74) is 5.75. The van der Waals surface area contributed by atoms with Crippen molar-refractivity contribution in [3.05, 3.63) is 47.7 Å². The molecule has 2 N–H and O–H groups in total. The van der Waals surface area contributed by atoms with E-state index in [4.69, 9.17) is 0 Å². The molecule has 1 aromatic heterocycles. The minimum Gasteiger partial charge on any atom is -0.382 e. The summed E-state index contributed by atoms with van der Waals surface area (Å²) in [4.78, 5) is 11.6. The van der Waals surface area contributed by atoms with Gasteiger partial charge in [-0.05, 0) is 47.2 Å². The van der Waals surface area contributed by atoms with Crippen LogP contribution in [0.1, 0.15) is 30.5 Å². The van der Waals surface area contributed by atoms with Gasteiger partial charge in [-0.15, -0.1) is 10.2 Å². The van der Waals surface area contributed by atoms with Gasteiger partial charge in [-0.2, -0.15) is 5.26 Å². The average Bonchev–Trinajstić information content (AvgIpc) is 3.46. The van der Waals surface area contributed by atoms with E-state index in [9.17, 15) is 10.1 Å². The number of amides is 1. The number of carbonyl (C=O) groups is 1. The normalized spacial score (nSPS) is 15.2. The third kappa shape index (κ3) is 3.05. The van der Waals surface area contributed by atoms with E-state index in [2.05, 4.69) is 26.9 Å². The zero-order valence-electron chi connectivity index (χ0n) is 15.3. The number of hydrogen-bond acceptors (Lipinski definition) is 5. The summed E-state index contributed by atoms with van der Waals surface area (Å²) in [6.07, 6.45) is 4.18. The van der Waals surface area contributed by atoms with Crippen molar-refractivity contribution in [2.75, 3.05) is 17.2 Å². The van der Waals surface area contributed by atoms with Gasteiger partial charge in [-0.3, -0.25) is 4.79 Å². The van der Waals surface area contributed by atoms with E-state index in [0.717, 1.165) is 57.9 Å². The van der Waals surface area contributed by atoms with Crippen LogP contribution < -0.4 is 10.6 Å². The van der Waals surface area contributed by atoms with Crippen molar-refractivity contribution < 1.29 is 4.79 Å². The van der Waals surface area contributed by atoms with E-state index < -0.39 is 0 Å². The molecule has 28 heavy (non-hydrogen) atoms. The van der Waals surface area contributed by atoms with Crippen LogP contribution in [0, 0.1) is 17.2 Å². The van der Waals surface area contributed by atoms with Crippen LogP contribution in [0.2, 0.25) is 0 Å². The molecule has 0 unspecified atom stereocenters. The highest BCUT2D eigenvalue weighted by Crippen LogP contribution is 2.34. The molecule has 1 aliphatic carbocycles. The molecule has 0 bridgehead atoms. The molecule has 0 radical (unpaired) electrons. The Balaban J connectivity index is 1.50. The molecule has 138 valence electrons. The number of hydrogen-bond donors (Lipinski definition) is 2. The van der Waals surface area contributed by atoms with Gasteiger partial charge in [0.15, 0.2) is 5.69 Å². The van der Waals surface area contributed by atoms with Crippen molar-refractivity contribution in [3.63, 3.8) is 0 Å². The Morgan fingerprint density at radius 3 is 2.79 bits per heavy atom. The monoisotopic (exact) mass is 369 g/mol. The molecule has 2 heterocycles. The first-order valence-corrected chi connectivity index (χ1v) is 9.59. The first-order valence-electron chi connectivity index (χ1n) is 9.59.